The Morgan fingerprint density at radius 3 is 2.86 bits per heavy atom. The molecule has 4 nitrogen and oxygen atoms in total. The van der Waals surface area contributed by atoms with Crippen molar-refractivity contribution in [2.45, 2.75) is 0 Å². The average Bonchev–Trinajstić information content (AvgIpc) is 2.27. The molecule has 14 heavy (non-hydrogen) atoms. The van der Waals surface area contributed by atoms with Crippen molar-refractivity contribution >= 4 is 5.97 Å². The van der Waals surface area contributed by atoms with Crippen LogP contribution in [0, 0.1) is 17.9 Å². The first-order valence-corrected chi connectivity index (χ1v) is 3.83. The summed E-state index contributed by atoms with van der Waals surface area (Å²) in [7, 11) is 1.25. The molecule has 0 atom stereocenters. The van der Waals surface area contributed by atoms with Gasteiger partial charge in [-0.15, -0.1) is 0 Å². The molecule has 0 bridgehead atoms. The molecule has 0 heterocycles. The molecule has 0 unspecified atom stereocenters. The Morgan fingerprint density at radius 1 is 1.64 bits per heavy atom. The fraction of sp³-hybridized carbons (Fsp3) is 0.100. The van der Waals surface area contributed by atoms with Crippen LogP contribution in [0.2, 0.25) is 0 Å². The minimum Gasteiger partial charge on any atom is -0.465 e. The highest BCUT2D eigenvalue weighted by molar-refractivity contribution is 5.91. The van der Waals surface area contributed by atoms with Crippen molar-refractivity contribution in [2.75, 3.05) is 7.11 Å². The van der Waals surface area contributed by atoms with Crippen LogP contribution in [-0.2, 0) is 4.74 Å². The van der Waals surface area contributed by atoms with E-state index in [9.17, 15) is 4.79 Å². The van der Waals surface area contributed by atoms with E-state index in [1.807, 2.05) is 6.07 Å². The number of nitrogens with zero attached hydrogens (tertiary/aromatic N) is 1. The Hall–Kier alpha value is -1.86. The van der Waals surface area contributed by atoms with Crippen LogP contribution >= 0.6 is 0 Å². The van der Waals surface area contributed by atoms with Gasteiger partial charge in [-0.1, -0.05) is 0 Å². The van der Waals surface area contributed by atoms with E-state index in [-0.39, 0.29) is 11.1 Å². The first kappa shape index (κ1) is 10.2. The molecule has 0 saturated heterocycles. The summed E-state index contributed by atoms with van der Waals surface area (Å²) in [6, 6.07) is 6.23. The minimum atomic E-state index is -0.546. The predicted octanol–water partition coefficient (Wildman–Crippen LogP) is 1.23. The van der Waals surface area contributed by atoms with E-state index in [0.717, 1.165) is 6.61 Å². The van der Waals surface area contributed by atoms with Gasteiger partial charge in [-0.3, -0.25) is 0 Å². The summed E-state index contributed by atoms with van der Waals surface area (Å²) in [4.78, 5) is 11.2. The third-order valence-electron chi connectivity index (χ3n) is 1.73. The van der Waals surface area contributed by atoms with Gasteiger partial charge in [-0.05, 0) is 23.8 Å². The Balaban J connectivity index is 3.19. The summed E-state index contributed by atoms with van der Waals surface area (Å²) < 4.78 is 4.50. The van der Waals surface area contributed by atoms with Crippen molar-refractivity contribution in [3.63, 3.8) is 0 Å². The second kappa shape index (κ2) is 4.40. The highest BCUT2D eigenvalue weighted by Gasteiger charge is 2.11. The Bertz CT molecular complexity index is 393. The van der Waals surface area contributed by atoms with Crippen LogP contribution in [0.25, 0.3) is 0 Å². The van der Waals surface area contributed by atoms with Gasteiger partial charge in [0.2, 0.25) is 0 Å². The lowest BCUT2D eigenvalue weighted by Crippen LogP contribution is -2.05. The lowest BCUT2D eigenvalue weighted by Gasteiger charge is -2.04. The molecule has 0 aliphatic heterocycles. The first-order valence-electron chi connectivity index (χ1n) is 3.83. The van der Waals surface area contributed by atoms with Gasteiger partial charge in [0, 0.05) is 0 Å². The molecule has 0 amide bonds. The number of hydrogen-bond donors (Lipinski definition) is 1. The van der Waals surface area contributed by atoms with Crippen LogP contribution in [0.3, 0.4) is 0 Å². The molecular formula is C10H8NO3. The number of nitriles is 1. The Morgan fingerprint density at radius 2 is 2.36 bits per heavy atom. The second-order valence-corrected chi connectivity index (χ2v) is 2.53. The van der Waals surface area contributed by atoms with Crippen molar-refractivity contribution in [3.8, 4) is 6.07 Å². The molecule has 4 heteroatoms. The topological polar surface area (TPSA) is 70.3 Å². The normalized spacial score (nSPS) is 9.21. The molecule has 1 rings (SSSR count). The monoisotopic (exact) mass is 190 g/mol. The number of aliphatic hydroxyl groups excluding tert-OH is 1. The highest BCUT2D eigenvalue weighted by Crippen LogP contribution is 2.13. The summed E-state index contributed by atoms with van der Waals surface area (Å²) in [5, 5.41) is 17.4. The van der Waals surface area contributed by atoms with Crippen molar-refractivity contribution < 1.29 is 14.6 Å². The number of aliphatic hydroxyl groups is 1. The highest BCUT2D eigenvalue weighted by atomic mass is 16.5. The molecule has 0 saturated carbocycles. The van der Waals surface area contributed by atoms with Crippen LogP contribution in [0.15, 0.2) is 18.2 Å². The van der Waals surface area contributed by atoms with Gasteiger partial charge in [0.1, 0.15) is 6.61 Å². The lowest BCUT2D eigenvalue weighted by atomic mass is 10.1. The summed E-state index contributed by atoms with van der Waals surface area (Å²) in [6.45, 7) is 0.771. The predicted molar refractivity (Wildman–Crippen MR) is 47.8 cm³/mol. The van der Waals surface area contributed by atoms with Crippen LogP contribution in [0.1, 0.15) is 21.5 Å². The average molecular weight is 190 g/mol. The van der Waals surface area contributed by atoms with E-state index in [0.29, 0.717) is 5.56 Å². The van der Waals surface area contributed by atoms with Crippen molar-refractivity contribution in [2.24, 2.45) is 0 Å². The SMILES string of the molecule is COC(=O)c1ccc(C#N)cc1[CH]O. The van der Waals surface area contributed by atoms with Crippen molar-refractivity contribution in [3.05, 3.63) is 41.5 Å². The molecule has 0 aliphatic carbocycles. The first-order chi connectivity index (χ1) is 6.72. The number of rotatable bonds is 2. The largest absolute Gasteiger partial charge is 0.465 e. The fourth-order valence-corrected chi connectivity index (χ4v) is 1.03. The fourth-order valence-electron chi connectivity index (χ4n) is 1.03. The van der Waals surface area contributed by atoms with E-state index in [1.54, 1.807) is 0 Å². The number of methoxy groups -OCH3 is 1. The maximum absolute atomic E-state index is 11.2. The summed E-state index contributed by atoms with van der Waals surface area (Å²) in [5.74, 6) is -0.546. The van der Waals surface area contributed by atoms with E-state index < -0.39 is 5.97 Å². The molecule has 1 radical (unpaired) electrons. The molecule has 0 spiro atoms. The van der Waals surface area contributed by atoms with Crippen LogP contribution < -0.4 is 0 Å². The molecule has 0 fully saturated rings. The molecule has 1 N–H and O–H groups in total. The summed E-state index contributed by atoms with van der Waals surface area (Å²) in [5.41, 5.74) is 0.878. The van der Waals surface area contributed by atoms with Gasteiger partial charge in [0.25, 0.3) is 0 Å². The van der Waals surface area contributed by atoms with Crippen LogP contribution in [0.4, 0.5) is 0 Å². The zero-order valence-electron chi connectivity index (χ0n) is 7.52. The van der Waals surface area contributed by atoms with E-state index in [1.165, 1.54) is 25.3 Å². The number of esters is 1. The van der Waals surface area contributed by atoms with E-state index in [4.69, 9.17) is 10.4 Å². The number of ether oxygens (including phenoxy) is 1. The van der Waals surface area contributed by atoms with E-state index in [2.05, 4.69) is 4.74 Å². The summed E-state index contributed by atoms with van der Waals surface area (Å²) in [6.07, 6.45) is 0. The zero-order valence-corrected chi connectivity index (χ0v) is 7.52. The van der Waals surface area contributed by atoms with Crippen molar-refractivity contribution in [1.82, 2.24) is 0 Å². The molecule has 1 aromatic carbocycles. The van der Waals surface area contributed by atoms with E-state index >= 15 is 0 Å². The number of benzene rings is 1. The van der Waals surface area contributed by atoms with Crippen LogP contribution in [-0.4, -0.2) is 18.2 Å². The maximum atomic E-state index is 11.2. The molecule has 0 aromatic heterocycles. The molecule has 1 aromatic rings. The third-order valence-corrected chi connectivity index (χ3v) is 1.73. The van der Waals surface area contributed by atoms with Crippen LogP contribution in [0.5, 0.6) is 0 Å². The van der Waals surface area contributed by atoms with Crippen molar-refractivity contribution in [1.29, 1.82) is 5.26 Å². The van der Waals surface area contributed by atoms with Gasteiger partial charge in [0.15, 0.2) is 0 Å². The summed E-state index contributed by atoms with van der Waals surface area (Å²) >= 11 is 0. The smallest absolute Gasteiger partial charge is 0.338 e. The Kier molecular flexibility index (Phi) is 3.21. The number of carbonyl (C=O) groups is 1. The molecular weight excluding hydrogens is 182 g/mol. The van der Waals surface area contributed by atoms with Gasteiger partial charge in [-0.2, -0.15) is 5.26 Å². The maximum Gasteiger partial charge on any atom is 0.338 e. The Labute approximate surface area is 81.4 Å². The van der Waals surface area contributed by atoms with Gasteiger partial charge in [0.05, 0.1) is 24.3 Å². The molecule has 71 valence electrons. The van der Waals surface area contributed by atoms with Gasteiger partial charge >= 0.3 is 5.97 Å². The molecule has 0 aliphatic rings. The number of carbonyl (C=O) groups excluding carboxylic acids is 1. The lowest BCUT2D eigenvalue weighted by molar-refractivity contribution is 0.0599. The van der Waals surface area contributed by atoms with Gasteiger partial charge in [-0.25, -0.2) is 4.79 Å². The second-order valence-electron chi connectivity index (χ2n) is 2.53. The third kappa shape index (κ3) is 1.90. The zero-order chi connectivity index (χ0) is 10.6. The number of hydrogen-bond acceptors (Lipinski definition) is 4. The standard InChI is InChI=1S/C10H8NO3/c1-14-10(13)9-3-2-7(5-11)4-8(9)6-12/h2-4,6,12H,1H3. The minimum absolute atomic E-state index is 0.231. The quantitative estimate of drug-likeness (QED) is 0.712. The van der Waals surface area contributed by atoms with Gasteiger partial charge < -0.3 is 9.84 Å².